The van der Waals surface area contributed by atoms with E-state index >= 15 is 0 Å². The fourth-order valence-corrected chi connectivity index (χ4v) is 1.99. The van der Waals surface area contributed by atoms with E-state index in [0.717, 1.165) is 17.2 Å². The molecule has 14 heavy (non-hydrogen) atoms. The Morgan fingerprint density at radius 3 is 2.86 bits per heavy atom. The van der Waals surface area contributed by atoms with Gasteiger partial charge in [-0.3, -0.25) is 0 Å². The molecular formula is C10H12N2OS. The van der Waals surface area contributed by atoms with Gasteiger partial charge in [0.05, 0.1) is 11.2 Å². The van der Waals surface area contributed by atoms with Crippen LogP contribution in [0.25, 0.3) is 0 Å². The first kappa shape index (κ1) is 9.43. The zero-order valence-corrected chi connectivity index (χ0v) is 8.97. The van der Waals surface area contributed by atoms with E-state index in [1.807, 2.05) is 37.0 Å². The molecule has 3 nitrogen and oxygen atoms in total. The maximum absolute atomic E-state index is 5.56. The van der Waals surface area contributed by atoms with Gasteiger partial charge in [0.25, 0.3) is 0 Å². The highest BCUT2D eigenvalue weighted by molar-refractivity contribution is 7.07. The summed E-state index contributed by atoms with van der Waals surface area (Å²) >= 11 is 1.59. The maximum Gasteiger partial charge on any atom is 0.127 e. The lowest BCUT2D eigenvalue weighted by Crippen LogP contribution is -2.17. The molecule has 0 spiro atoms. The minimum atomic E-state index is 0.0648. The molecule has 2 rings (SSSR count). The molecule has 0 amide bonds. The van der Waals surface area contributed by atoms with Crippen molar-refractivity contribution in [1.82, 2.24) is 10.3 Å². The van der Waals surface area contributed by atoms with Crippen molar-refractivity contribution in [1.29, 1.82) is 0 Å². The van der Waals surface area contributed by atoms with Gasteiger partial charge in [0, 0.05) is 5.38 Å². The van der Waals surface area contributed by atoms with E-state index < -0.39 is 0 Å². The minimum Gasteiger partial charge on any atom is -0.464 e. The highest BCUT2D eigenvalue weighted by Gasteiger charge is 2.16. The van der Waals surface area contributed by atoms with Crippen molar-refractivity contribution in [3.63, 3.8) is 0 Å². The molecule has 4 heteroatoms. The van der Waals surface area contributed by atoms with E-state index in [1.54, 1.807) is 11.3 Å². The van der Waals surface area contributed by atoms with Crippen LogP contribution in [0.15, 0.2) is 27.4 Å². The van der Waals surface area contributed by atoms with Gasteiger partial charge in [-0.25, -0.2) is 4.98 Å². The molecule has 0 aliphatic heterocycles. The van der Waals surface area contributed by atoms with Crippen LogP contribution >= 0.6 is 11.3 Å². The van der Waals surface area contributed by atoms with Crippen molar-refractivity contribution in [3.8, 4) is 0 Å². The Morgan fingerprint density at radius 2 is 2.36 bits per heavy atom. The number of hydrogen-bond donors (Lipinski definition) is 1. The van der Waals surface area contributed by atoms with Crippen molar-refractivity contribution in [2.24, 2.45) is 0 Å². The molecule has 1 N–H and O–H groups in total. The largest absolute Gasteiger partial charge is 0.464 e. The summed E-state index contributed by atoms with van der Waals surface area (Å²) < 4.78 is 5.56. The quantitative estimate of drug-likeness (QED) is 0.841. The van der Waals surface area contributed by atoms with E-state index in [2.05, 4.69) is 10.3 Å². The monoisotopic (exact) mass is 208 g/mol. The first-order chi connectivity index (χ1) is 6.81. The van der Waals surface area contributed by atoms with Crippen molar-refractivity contribution >= 4 is 11.3 Å². The second-order valence-corrected chi connectivity index (χ2v) is 3.80. The average molecular weight is 208 g/mol. The van der Waals surface area contributed by atoms with Gasteiger partial charge in [-0.1, -0.05) is 0 Å². The summed E-state index contributed by atoms with van der Waals surface area (Å²) in [4.78, 5) is 4.27. The first-order valence-corrected chi connectivity index (χ1v) is 5.37. The Labute approximate surface area is 86.8 Å². The van der Waals surface area contributed by atoms with Gasteiger partial charge in [-0.05, 0) is 26.1 Å². The number of rotatable bonds is 3. The number of thiazole rings is 1. The number of nitrogens with zero attached hydrogens (tertiary/aromatic N) is 1. The molecule has 0 aliphatic rings. The van der Waals surface area contributed by atoms with Gasteiger partial charge in [-0.2, -0.15) is 0 Å². The number of aromatic nitrogens is 1. The average Bonchev–Trinajstić information content (AvgIpc) is 2.79. The second-order valence-electron chi connectivity index (χ2n) is 3.08. The van der Waals surface area contributed by atoms with Crippen LogP contribution in [0.1, 0.15) is 23.3 Å². The van der Waals surface area contributed by atoms with E-state index in [-0.39, 0.29) is 6.04 Å². The highest BCUT2D eigenvalue weighted by atomic mass is 32.1. The molecule has 0 aliphatic carbocycles. The smallest absolute Gasteiger partial charge is 0.127 e. The maximum atomic E-state index is 5.56. The van der Waals surface area contributed by atoms with E-state index in [9.17, 15) is 0 Å². The molecule has 0 aromatic carbocycles. The van der Waals surface area contributed by atoms with Crippen LogP contribution in [-0.4, -0.2) is 12.0 Å². The van der Waals surface area contributed by atoms with Crippen LogP contribution in [0.2, 0.25) is 0 Å². The third kappa shape index (κ3) is 1.71. The van der Waals surface area contributed by atoms with Crippen LogP contribution in [0.4, 0.5) is 0 Å². The fraction of sp³-hybridized carbons (Fsp3) is 0.300. The molecule has 2 aromatic rings. The van der Waals surface area contributed by atoms with Gasteiger partial charge in [-0.15, -0.1) is 11.3 Å². The second kappa shape index (κ2) is 3.94. The van der Waals surface area contributed by atoms with Gasteiger partial charge >= 0.3 is 0 Å². The molecule has 1 atom stereocenters. The topological polar surface area (TPSA) is 38.1 Å². The lowest BCUT2D eigenvalue weighted by molar-refractivity contribution is 0.441. The van der Waals surface area contributed by atoms with Crippen LogP contribution in [0.3, 0.4) is 0 Å². The zero-order valence-electron chi connectivity index (χ0n) is 8.15. The lowest BCUT2D eigenvalue weighted by atomic mass is 10.2. The van der Waals surface area contributed by atoms with Gasteiger partial charge in [0.15, 0.2) is 0 Å². The molecule has 2 aromatic heterocycles. The van der Waals surface area contributed by atoms with Crippen LogP contribution < -0.4 is 5.32 Å². The minimum absolute atomic E-state index is 0.0648. The van der Waals surface area contributed by atoms with Crippen LogP contribution in [0, 0.1) is 6.92 Å². The van der Waals surface area contributed by atoms with E-state index in [1.165, 1.54) is 0 Å². The normalized spacial score (nSPS) is 13.0. The summed E-state index contributed by atoms with van der Waals surface area (Å²) in [6, 6.07) is 4.01. The summed E-state index contributed by atoms with van der Waals surface area (Å²) in [5.41, 5.74) is 2.84. The molecule has 0 bridgehead atoms. The Morgan fingerprint density at radius 1 is 1.50 bits per heavy atom. The van der Waals surface area contributed by atoms with Gasteiger partial charge in [0.1, 0.15) is 17.6 Å². The molecular weight excluding hydrogens is 196 g/mol. The molecule has 0 fully saturated rings. The number of furan rings is 1. The molecule has 2 heterocycles. The summed E-state index contributed by atoms with van der Waals surface area (Å²) in [6.07, 6.45) is 0. The molecule has 1 unspecified atom stereocenters. The lowest BCUT2D eigenvalue weighted by Gasteiger charge is -2.10. The third-order valence-electron chi connectivity index (χ3n) is 2.08. The summed E-state index contributed by atoms with van der Waals surface area (Å²) in [5.74, 6) is 1.84. The van der Waals surface area contributed by atoms with Crippen LogP contribution in [0.5, 0.6) is 0 Å². The highest BCUT2D eigenvalue weighted by Crippen LogP contribution is 2.22. The Balaban J connectivity index is 2.31. The van der Waals surface area contributed by atoms with Crippen molar-refractivity contribution < 1.29 is 4.42 Å². The standard InChI is InChI=1S/C10H12N2OS/c1-7-3-4-9(13-7)10(11-2)8-5-14-6-12-8/h3-6,10-11H,1-2H3. The summed E-state index contributed by atoms with van der Waals surface area (Å²) in [6.45, 7) is 1.94. The Kier molecular flexibility index (Phi) is 2.65. The molecule has 0 radical (unpaired) electrons. The Bertz CT molecular complexity index is 394. The summed E-state index contributed by atoms with van der Waals surface area (Å²) in [7, 11) is 1.90. The summed E-state index contributed by atoms with van der Waals surface area (Å²) in [5, 5.41) is 5.21. The van der Waals surface area contributed by atoms with Crippen molar-refractivity contribution in [3.05, 3.63) is 40.2 Å². The third-order valence-corrected chi connectivity index (χ3v) is 2.69. The number of nitrogens with one attached hydrogen (secondary N) is 1. The van der Waals surface area contributed by atoms with Crippen molar-refractivity contribution in [2.45, 2.75) is 13.0 Å². The Hall–Kier alpha value is -1.13. The van der Waals surface area contributed by atoms with Gasteiger partial charge in [0.2, 0.25) is 0 Å². The van der Waals surface area contributed by atoms with Gasteiger partial charge < -0.3 is 9.73 Å². The molecule has 0 saturated carbocycles. The fourth-order valence-electron chi connectivity index (χ4n) is 1.41. The predicted molar refractivity (Wildman–Crippen MR) is 56.5 cm³/mol. The SMILES string of the molecule is CNC(c1cscn1)c1ccc(C)o1. The first-order valence-electron chi connectivity index (χ1n) is 4.43. The number of hydrogen-bond acceptors (Lipinski definition) is 4. The predicted octanol–water partition coefficient (Wildman–Crippen LogP) is 2.35. The zero-order chi connectivity index (χ0) is 9.97. The van der Waals surface area contributed by atoms with Crippen LogP contribution in [-0.2, 0) is 0 Å². The number of aryl methyl sites for hydroxylation is 1. The van der Waals surface area contributed by atoms with E-state index in [0.29, 0.717) is 0 Å². The van der Waals surface area contributed by atoms with E-state index in [4.69, 9.17) is 4.42 Å². The molecule has 74 valence electrons. The van der Waals surface area contributed by atoms with Crippen molar-refractivity contribution in [2.75, 3.05) is 7.05 Å². The molecule has 0 saturated heterocycles.